The van der Waals surface area contributed by atoms with Crippen LogP contribution >= 0.6 is 11.8 Å². The second kappa shape index (κ2) is 8.23. The molecule has 0 spiro atoms. The summed E-state index contributed by atoms with van der Waals surface area (Å²) in [5, 5.41) is 0. The summed E-state index contributed by atoms with van der Waals surface area (Å²) in [5.41, 5.74) is 1.03. The maximum absolute atomic E-state index is 11.5. The van der Waals surface area contributed by atoms with Crippen molar-refractivity contribution in [3.8, 4) is 0 Å². The van der Waals surface area contributed by atoms with Gasteiger partial charge < -0.3 is 9.47 Å². The molecule has 0 amide bonds. The third kappa shape index (κ3) is 5.66. The normalized spacial score (nSPS) is 18.4. The maximum Gasteiger partial charge on any atom is 0.306 e. The highest BCUT2D eigenvalue weighted by molar-refractivity contribution is 7.99. The minimum atomic E-state index is -0.122. The van der Waals surface area contributed by atoms with Crippen LogP contribution < -0.4 is 0 Å². The van der Waals surface area contributed by atoms with Crippen molar-refractivity contribution < 1.29 is 14.3 Å². The molecule has 0 radical (unpaired) electrons. The van der Waals surface area contributed by atoms with Crippen LogP contribution in [-0.2, 0) is 20.9 Å². The van der Waals surface area contributed by atoms with Gasteiger partial charge in [0.1, 0.15) is 6.61 Å². The van der Waals surface area contributed by atoms with E-state index in [1.54, 1.807) is 11.8 Å². The molecule has 1 fully saturated rings. The van der Waals surface area contributed by atoms with Crippen LogP contribution in [0.1, 0.15) is 24.8 Å². The highest BCUT2D eigenvalue weighted by atomic mass is 32.2. The molecule has 1 saturated heterocycles. The summed E-state index contributed by atoms with van der Waals surface area (Å²) in [4.78, 5) is 11.5. The molecule has 1 aliphatic heterocycles. The number of rotatable bonds is 7. The fraction of sp³-hybridized carbons (Fsp3) is 0.533. The number of hydrogen-bond donors (Lipinski definition) is 0. The molecule has 1 atom stereocenters. The van der Waals surface area contributed by atoms with E-state index < -0.39 is 0 Å². The van der Waals surface area contributed by atoms with E-state index in [9.17, 15) is 4.79 Å². The Balaban J connectivity index is 1.52. The van der Waals surface area contributed by atoms with Crippen LogP contribution in [0.2, 0.25) is 0 Å². The summed E-state index contributed by atoms with van der Waals surface area (Å²) in [6.07, 6.45) is 3.20. The van der Waals surface area contributed by atoms with E-state index in [4.69, 9.17) is 9.47 Å². The predicted molar refractivity (Wildman–Crippen MR) is 77.2 cm³/mol. The Morgan fingerprint density at radius 2 is 2.21 bits per heavy atom. The molecule has 0 N–H and O–H groups in total. The second-order valence-corrected chi connectivity index (χ2v) is 5.76. The minimum Gasteiger partial charge on any atom is -0.461 e. The van der Waals surface area contributed by atoms with E-state index in [0.29, 0.717) is 19.1 Å². The molecule has 104 valence electrons. The van der Waals surface area contributed by atoms with Crippen LogP contribution in [0, 0.1) is 0 Å². The van der Waals surface area contributed by atoms with Gasteiger partial charge in [0.05, 0.1) is 12.5 Å². The number of benzene rings is 1. The summed E-state index contributed by atoms with van der Waals surface area (Å²) in [6, 6.07) is 9.76. The summed E-state index contributed by atoms with van der Waals surface area (Å²) >= 11 is 1.77. The maximum atomic E-state index is 11.5. The lowest BCUT2D eigenvalue weighted by Gasteiger charge is -2.08. The Bertz CT molecular complexity index is 374. The van der Waals surface area contributed by atoms with Gasteiger partial charge in [-0.1, -0.05) is 30.3 Å². The molecule has 0 aliphatic carbocycles. The lowest BCUT2D eigenvalue weighted by Crippen LogP contribution is -2.10. The lowest BCUT2D eigenvalue weighted by molar-refractivity contribution is -0.144. The van der Waals surface area contributed by atoms with Crippen LogP contribution in [0.4, 0.5) is 0 Å². The van der Waals surface area contributed by atoms with Gasteiger partial charge in [0.15, 0.2) is 0 Å². The van der Waals surface area contributed by atoms with Crippen molar-refractivity contribution in [2.45, 2.75) is 32.0 Å². The molecule has 2 rings (SSSR count). The van der Waals surface area contributed by atoms with E-state index in [0.717, 1.165) is 30.1 Å². The number of carbonyl (C=O) groups excluding carboxylic acids is 1. The molecular weight excluding hydrogens is 260 g/mol. The largest absolute Gasteiger partial charge is 0.461 e. The topological polar surface area (TPSA) is 35.5 Å². The highest BCUT2D eigenvalue weighted by Crippen LogP contribution is 2.17. The number of hydrogen-bond acceptors (Lipinski definition) is 4. The van der Waals surface area contributed by atoms with Crippen molar-refractivity contribution in [3.63, 3.8) is 0 Å². The lowest BCUT2D eigenvalue weighted by atomic mass is 10.2. The van der Waals surface area contributed by atoms with E-state index in [2.05, 4.69) is 0 Å². The fourth-order valence-corrected chi connectivity index (χ4v) is 2.96. The molecule has 0 bridgehead atoms. The molecule has 1 aromatic carbocycles. The van der Waals surface area contributed by atoms with Gasteiger partial charge in [0.25, 0.3) is 0 Å². The third-order valence-corrected chi connectivity index (χ3v) is 4.12. The quantitative estimate of drug-likeness (QED) is 0.568. The second-order valence-electron chi connectivity index (χ2n) is 4.61. The first kappa shape index (κ1) is 14.4. The number of thioether (sulfide) groups is 1. The molecular formula is C15H20O3S. The fourth-order valence-electron chi connectivity index (χ4n) is 1.96. The zero-order valence-electron chi connectivity index (χ0n) is 11.0. The molecule has 1 heterocycles. The van der Waals surface area contributed by atoms with Crippen LogP contribution in [-0.4, -0.2) is 30.2 Å². The predicted octanol–water partition coefficient (Wildman–Crippen LogP) is 3.03. The van der Waals surface area contributed by atoms with Gasteiger partial charge in [0, 0.05) is 18.1 Å². The van der Waals surface area contributed by atoms with Gasteiger partial charge in [-0.15, -0.1) is 0 Å². The number of carbonyl (C=O) groups is 1. The zero-order valence-corrected chi connectivity index (χ0v) is 11.9. The minimum absolute atomic E-state index is 0.122. The van der Waals surface area contributed by atoms with Crippen LogP contribution in [0.5, 0.6) is 0 Å². The molecule has 3 nitrogen and oxygen atoms in total. The Morgan fingerprint density at radius 3 is 2.95 bits per heavy atom. The van der Waals surface area contributed by atoms with Crippen LogP contribution in [0.3, 0.4) is 0 Å². The van der Waals surface area contributed by atoms with Crippen molar-refractivity contribution >= 4 is 17.7 Å². The van der Waals surface area contributed by atoms with Gasteiger partial charge in [-0.3, -0.25) is 4.79 Å². The molecule has 0 saturated carbocycles. The van der Waals surface area contributed by atoms with E-state index in [1.807, 2.05) is 30.3 Å². The standard InChI is InChI=1S/C15H20O3S/c16-15(18-11-13-5-2-1-3-6-13)8-10-19-12-14-7-4-9-17-14/h1-3,5-6,14H,4,7-12H2. The van der Waals surface area contributed by atoms with Crippen molar-refractivity contribution in [1.29, 1.82) is 0 Å². The smallest absolute Gasteiger partial charge is 0.306 e. The number of ether oxygens (including phenoxy) is 2. The van der Waals surface area contributed by atoms with Crippen LogP contribution in [0.25, 0.3) is 0 Å². The van der Waals surface area contributed by atoms with E-state index in [1.165, 1.54) is 6.42 Å². The van der Waals surface area contributed by atoms with Crippen molar-refractivity contribution in [2.75, 3.05) is 18.1 Å². The zero-order chi connectivity index (χ0) is 13.3. The van der Waals surface area contributed by atoms with Gasteiger partial charge in [-0.05, 0) is 18.4 Å². The SMILES string of the molecule is O=C(CCSCC1CCCO1)OCc1ccccc1. The first-order valence-electron chi connectivity index (χ1n) is 6.73. The molecule has 0 aromatic heterocycles. The third-order valence-electron chi connectivity index (χ3n) is 3.02. The van der Waals surface area contributed by atoms with E-state index >= 15 is 0 Å². The summed E-state index contributed by atoms with van der Waals surface area (Å²) < 4.78 is 10.7. The Kier molecular flexibility index (Phi) is 6.24. The Hall–Kier alpha value is -1.00. The molecule has 19 heavy (non-hydrogen) atoms. The van der Waals surface area contributed by atoms with Crippen molar-refractivity contribution in [1.82, 2.24) is 0 Å². The first-order chi connectivity index (χ1) is 9.34. The highest BCUT2D eigenvalue weighted by Gasteiger charge is 2.15. The van der Waals surface area contributed by atoms with Gasteiger partial charge >= 0.3 is 5.97 Å². The summed E-state index contributed by atoms with van der Waals surface area (Å²) in [6.45, 7) is 1.26. The Labute approximate surface area is 118 Å². The van der Waals surface area contributed by atoms with Gasteiger partial charge in [0.2, 0.25) is 0 Å². The summed E-state index contributed by atoms with van der Waals surface area (Å²) in [5.74, 6) is 1.68. The summed E-state index contributed by atoms with van der Waals surface area (Å²) in [7, 11) is 0. The first-order valence-corrected chi connectivity index (χ1v) is 7.89. The van der Waals surface area contributed by atoms with Crippen molar-refractivity contribution in [2.24, 2.45) is 0 Å². The Morgan fingerprint density at radius 1 is 1.37 bits per heavy atom. The monoisotopic (exact) mass is 280 g/mol. The average molecular weight is 280 g/mol. The molecule has 1 unspecified atom stereocenters. The van der Waals surface area contributed by atoms with Gasteiger partial charge in [-0.25, -0.2) is 0 Å². The molecule has 1 aliphatic rings. The van der Waals surface area contributed by atoms with Crippen molar-refractivity contribution in [3.05, 3.63) is 35.9 Å². The van der Waals surface area contributed by atoms with Gasteiger partial charge in [-0.2, -0.15) is 11.8 Å². The molecule has 4 heteroatoms. The molecule has 1 aromatic rings. The van der Waals surface area contributed by atoms with E-state index in [-0.39, 0.29) is 5.97 Å². The number of esters is 1. The van der Waals surface area contributed by atoms with Crippen LogP contribution in [0.15, 0.2) is 30.3 Å². The average Bonchev–Trinajstić information content (AvgIpc) is 2.96.